The van der Waals surface area contributed by atoms with Crippen LogP contribution in [0, 0.1) is 0 Å². The van der Waals surface area contributed by atoms with E-state index >= 15 is 0 Å². The molecule has 0 bridgehead atoms. The van der Waals surface area contributed by atoms with Gasteiger partial charge in [-0.3, -0.25) is 10.00 Å². The zero-order chi connectivity index (χ0) is 17.1. The number of nitrogens with one attached hydrogen (secondary N) is 2. The minimum atomic E-state index is -0.832. The number of aryl methyl sites for hydroxylation is 1. The molecule has 0 aliphatic heterocycles. The van der Waals surface area contributed by atoms with Gasteiger partial charge in [-0.05, 0) is 41.5 Å². The zero-order valence-corrected chi connectivity index (χ0v) is 14.5. The maximum Gasteiger partial charge on any atom is 0.413 e. The van der Waals surface area contributed by atoms with Gasteiger partial charge < -0.3 is 15.2 Å². The molecular formula is C15H28N4O3. The van der Waals surface area contributed by atoms with Crippen LogP contribution in [0.3, 0.4) is 0 Å². The third-order valence-electron chi connectivity index (χ3n) is 3.29. The summed E-state index contributed by atoms with van der Waals surface area (Å²) in [4.78, 5) is 11.9. The van der Waals surface area contributed by atoms with Gasteiger partial charge in [0.05, 0.1) is 11.8 Å². The molecule has 0 saturated carbocycles. The summed E-state index contributed by atoms with van der Waals surface area (Å²) in [5, 5.41) is 20.0. The molecule has 3 N–H and O–H groups in total. The van der Waals surface area contributed by atoms with E-state index in [4.69, 9.17) is 4.74 Å². The van der Waals surface area contributed by atoms with Crippen molar-refractivity contribution in [3.63, 3.8) is 0 Å². The van der Waals surface area contributed by atoms with E-state index in [-0.39, 0.29) is 6.04 Å². The Morgan fingerprint density at radius 3 is 2.50 bits per heavy atom. The summed E-state index contributed by atoms with van der Waals surface area (Å²) in [6.45, 7) is 11.3. The fourth-order valence-corrected chi connectivity index (χ4v) is 1.69. The van der Waals surface area contributed by atoms with Crippen LogP contribution in [0.2, 0.25) is 0 Å². The second kappa shape index (κ2) is 6.66. The Kier molecular flexibility index (Phi) is 5.59. The number of hydrogen-bond acceptors (Lipinski definition) is 5. The second-order valence-electron chi connectivity index (χ2n) is 7.03. The summed E-state index contributed by atoms with van der Waals surface area (Å²) < 4.78 is 6.83. The highest BCUT2D eigenvalue weighted by Crippen LogP contribution is 2.17. The molecule has 1 atom stereocenters. The van der Waals surface area contributed by atoms with Gasteiger partial charge in [0.2, 0.25) is 0 Å². The van der Waals surface area contributed by atoms with Crippen molar-refractivity contribution in [2.24, 2.45) is 7.05 Å². The Bertz CT molecular complexity index is 512. The molecule has 7 heteroatoms. The number of hydrogen-bond donors (Lipinski definition) is 3. The van der Waals surface area contributed by atoms with Crippen molar-refractivity contribution in [3.05, 3.63) is 11.8 Å². The van der Waals surface area contributed by atoms with Crippen LogP contribution in [0.1, 0.15) is 47.1 Å². The van der Waals surface area contributed by atoms with E-state index in [1.807, 2.05) is 27.7 Å². The van der Waals surface area contributed by atoms with E-state index < -0.39 is 17.3 Å². The normalized spacial score (nSPS) is 13.8. The van der Waals surface area contributed by atoms with Crippen molar-refractivity contribution in [1.29, 1.82) is 0 Å². The Morgan fingerprint density at radius 2 is 2.00 bits per heavy atom. The largest absolute Gasteiger partial charge is 0.444 e. The Balaban J connectivity index is 2.73. The van der Waals surface area contributed by atoms with Crippen LogP contribution in [-0.2, 0) is 18.3 Å². The Labute approximate surface area is 132 Å². The first-order chi connectivity index (χ1) is 9.90. The summed E-state index contributed by atoms with van der Waals surface area (Å²) >= 11 is 0. The summed E-state index contributed by atoms with van der Waals surface area (Å²) in [5.74, 6) is 0.574. The SMILES string of the molecule is CC(NCc1cnn(C)c1NC(=O)OC(C)(C)C)C(C)(C)O. The van der Waals surface area contributed by atoms with E-state index in [0.717, 1.165) is 5.56 Å². The lowest BCUT2D eigenvalue weighted by Crippen LogP contribution is -2.44. The highest BCUT2D eigenvalue weighted by molar-refractivity contribution is 5.84. The lowest BCUT2D eigenvalue weighted by Gasteiger charge is -2.27. The first-order valence-electron chi connectivity index (χ1n) is 7.37. The van der Waals surface area contributed by atoms with E-state index in [0.29, 0.717) is 12.4 Å². The number of amides is 1. The van der Waals surface area contributed by atoms with Gasteiger partial charge in [-0.1, -0.05) is 0 Å². The first-order valence-corrected chi connectivity index (χ1v) is 7.37. The van der Waals surface area contributed by atoms with Crippen molar-refractivity contribution in [1.82, 2.24) is 15.1 Å². The van der Waals surface area contributed by atoms with Gasteiger partial charge >= 0.3 is 6.09 Å². The van der Waals surface area contributed by atoms with Gasteiger partial charge in [-0.15, -0.1) is 0 Å². The predicted molar refractivity (Wildman–Crippen MR) is 85.7 cm³/mol. The van der Waals surface area contributed by atoms with Crippen LogP contribution < -0.4 is 10.6 Å². The van der Waals surface area contributed by atoms with Crippen LogP contribution in [0.4, 0.5) is 10.6 Å². The number of rotatable bonds is 5. The van der Waals surface area contributed by atoms with Gasteiger partial charge in [0.1, 0.15) is 11.4 Å². The molecule has 0 aliphatic rings. The third kappa shape index (κ3) is 5.65. The molecule has 0 spiro atoms. The molecular weight excluding hydrogens is 284 g/mol. The molecule has 1 aromatic rings. The van der Waals surface area contributed by atoms with Gasteiger partial charge in [0, 0.05) is 25.2 Å². The molecule has 0 fully saturated rings. The van der Waals surface area contributed by atoms with E-state index in [9.17, 15) is 9.90 Å². The number of anilines is 1. The fourth-order valence-electron chi connectivity index (χ4n) is 1.69. The Morgan fingerprint density at radius 1 is 1.41 bits per heavy atom. The summed E-state index contributed by atoms with van der Waals surface area (Å²) in [6.07, 6.45) is 1.16. The Hall–Kier alpha value is -1.60. The topological polar surface area (TPSA) is 88.4 Å². The van der Waals surface area contributed by atoms with Crippen molar-refractivity contribution in [2.45, 2.75) is 65.3 Å². The number of carbonyl (C=O) groups is 1. The monoisotopic (exact) mass is 312 g/mol. The predicted octanol–water partition coefficient (Wildman–Crippen LogP) is 2.02. The third-order valence-corrected chi connectivity index (χ3v) is 3.29. The van der Waals surface area contributed by atoms with Gasteiger partial charge in [-0.2, -0.15) is 5.10 Å². The lowest BCUT2D eigenvalue weighted by molar-refractivity contribution is 0.0437. The average molecular weight is 312 g/mol. The summed E-state index contributed by atoms with van der Waals surface area (Å²) in [7, 11) is 1.75. The van der Waals surface area contributed by atoms with Crippen molar-refractivity contribution >= 4 is 11.9 Å². The molecule has 1 amide bonds. The van der Waals surface area contributed by atoms with Gasteiger partial charge in [-0.25, -0.2) is 4.79 Å². The van der Waals surface area contributed by atoms with Crippen LogP contribution in [-0.4, -0.2) is 38.2 Å². The zero-order valence-electron chi connectivity index (χ0n) is 14.5. The molecule has 22 heavy (non-hydrogen) atoms. The van der Waals surface area contributed by atoms with E-state index in [1.165, 1.54) is 0 Å². The van der Waals surface area contributed by atoms with E-state index in [1.54, 1.807) is 31.8 Å². The molecule has 1 heterocycles. The maximum atomic E-state index is 11.9. The molecule has 7 nitrogen and oxygen atoms in total. The minimum absolute atomic E-state index is 0.109. The quantitative estimate of drug-likeness (QED) is 0.774. The van der Waals surface area contributed by atoms with Crippen molar-refractivity contribution < 1.29 is 14.6 Å². The van der Waals surface area contributed by atoms with Crippen molar-refractivity contribution in [3.8, 4) is 0 Å². The summed E-state index contributed by atoms with van der Waals surface area (Å²) in [5.41, 5.74) is -0.568. The van der Waals surface area contributed by atoms with Gasteiger partial charge in [0.25, 0.3) is 0 Å². The smallest absolute Gasteiger partial charge is 0.413 e. The highest BCUT2D eigenvalue weighted by atomic mass is 16.6. The molecule has 1 aromatic heterocycles. The summed E-state index contributed by atoms with van der Waals surface area (Å²) in [6, 6.07) is -0.109. The van der Waals surface area contributed by atoms with Crippen molar-refractivity contribution in [2.75, 3.05) is 5.32 Å². The second-order valence-corrected chi connectivity index (χ2v) is 7.03. The number of aromatic nitrogens is 2. The molecule has 0 radical (unpaired) electrons. The molecule has 1 unspecified atom stereocenters. The molecule has 126 valence electrons. The van der Waals surface area contributed by atoms with Crippen LogP contribution in [0.25, 0.3) is 0 Å². The average Bonchev–Trinajstić information content (AvgIpc) is 2.64. The number of carbonyl (C=O) groups excluding carboxylic acids is 1. The molecule has 0 saturated heterocycles. The van der Waals surface area contributed by atoms with E-state index in [2.05, 4.69) is 15.7 Å². The molecule has 0 aliphatic carbocycles. The number of aliphatic hydroxyl groups is 1. The molecule has 1 rings (SSSR count). The lowest BCUT2D eigenvalue weighted by atomic mass is 10.0. The number of nitrogens with zero attached hydrogens (tertiary/aromatic N) is 2. The standard InChI is InChI=1S/C15H28N4O3/c1-10(15(5,6)21)16-8-11-9-17-19(7)12(11)18-13(20)22-14(2,3)4/h9-10,16,21H,8H2,1-7H3,(H,18,20). The first kappa shape index (κ1) is 18.4. The molecule has 0 aromatic carbocycles. The minimum Gasteiger partial charge on any atom is -0.444 e. The maximum absolute atomic E-state index is 11.9. The van der Waals surface area contributed by atoms with Crippen LogP contribution >= 0.6 is 0 Å². The fraction of sp³-hybridized carbons (Fsp3) is 0.733. The highest BCUT2D eigenvalue weighted by Gasteiger charge is 2.23. The van der Waals surface area contributed by atoms with Crippen LogP contribution in [0.5, 0.6) is 0 Å². The van der Waals surface area contributed by atoms with Crippen LogP contribution in [0.15, 0.2) is 6.20 Å². The van der Waals surface area contributed by atoms with Gasteiger partial charge in [0.15, 0.2) is 0 Å². The number of ether oxygens (including phenoxy) is 1.